The van der Waals surface area contributed by atoms with Crippen LogP contribution >= 0.6 is 11.6 Å². The molecule has 2 aromatic rings. The number of aryl methyl sites for hydroxylation is 2. The molecule has 0 heterocycles. The van der Waals surface area contributed by atoms with Crippen molar-refractivity contribution in [3.63, 3.8) is 0 Å². The summed E-state index contributed by atoms with van der Waals surface area (Å²) >= 11 is 5.88. The van der Waals surface area contributed by atoms with Crippen LogP contribution in [0.3, 0.4) is 0 Å². The van der Waals surface area contributed by atoms with Gasteiger partial charge in [-0.15, -0.1) is 0 Å². The standard InChI is InChI=1S/C17H17ClO3/c1-10-3-4-11(2)13(7-10)14(17(20)21)8-12-5-6-16(19)15(18)9-12/h3-7,9,14,19H,8H2,1-2H3,(H,20,21). The maximum atomic E-state index is 11.6. The number of aliphatic carboxylic acids is 1. The topological polar surface area (TPSA) is 57.5 Å². The van der Waals surface area contributed by atoms with Crippen molar-refractivity contribution >= 4 is 17.6 Å². The van der Waals surface area contributed by atoms with E-state index in [2.05, 4.69) is 0 Å². The number of halogens is 1. The van der Waals surface area contributed by atoms with Gasteiger partial charge in [-0.1, -0.05) is 41.4 Å². The average molecular weight is 305 g/mol. The number of hydrogen-bond donors (Lipinski definition) is 2. The van der Waals surface area contributed by atoms with Crippen LogP contribution in [0.5, 0.6) is 5.75 Å². The Balaban J connectivity index is 2.37. The number of carboxylic acids is 1. The minimum absolute atomic E-state index is 0.000900. The summed E-state index contributed by atoms with van der Waals surface area (Å²) in [5.74, 6) is -1.50. The van der Waals surface area contributed by atoms with Crippen LogP contribution in [0.2, 0.25) is 5.02 Å². The minimum Gasteiger partial charge on any atom is -0.506 e. The van der Waals surface area contributed by atoms with Gasteiger partial charge in [0.15, 0.2) is 0 Å². The SMILES string of the molecule is Cc1ccc(C)c(C(Cc2ccc(O)c(Cl)c2)C(=O)O)c1. The number of benzene rings is 2. The van der Waals surface area contributed by atoms with Gasteiger partial charge in [-0.25, -0.2) is 0 Å². The molecule has 0 aliphatic rings. The molecule has 2 aromatic carbocycles. The van der Waals surface area contributed by atoms with Crippen LogP contribution in [-0.4, -0.2) is 16.2 Å². The monoisotopic (exact) mass is 304 g/mol. The lowest BCUT2D eigenvalue weighted by molar-refractivity contribution is -0.138. The molecule has 0 bridgehead atoms. The van der Waals surface area contributed by atoms with Crippen molar-refractivity contribution < 1.29 is 15.0 Å². The maximum absolute atomic E-state index is 11.6. The molecule has 1 atom stereocenters. The van der Waals surface area contributed by atoms with Gasteiger partial charge in [0.2, 0.25) is 0 Å². The lowest BCUT2D eigenvalue weighted by atomic mass is 9.88. The van der Waals surface area contributed by atoms with Crippen LogP contribution in [0.25, 0.3) is 0 Å². The summed E-state index contributed by atoms with van der Waals surface area (Å²) in [4.78, 5) is 11.6. The molecule has 3 nitrogen and oxygen atoms in total. The Kier molecular flexibility index (Phi) is 4.53. The fraction of sp³-hybridized carbons (Fsp3) is 0.235. The Hall–Kier alpha value is -2.00. The third-order valence-electron chi connectivity index (χ3n) is 3.56. The van der Waals surface area contributed by atoms with Gasteiger partial charge in [0, 0.05) is 0 Å². The number of aromatic hydroxyl groups is 1. The Morgan fingerprint density at radius 3 is 2.52 bits per heavy atom. The smallest absolute Gasteiger partial charge is 0.311 e. The van der Waals surface area contributed by atoms with E-state index in [1.54, 1.807) is 12.1 Å². The second-order valence-electron chi connectivity index (χ2n) is 5.24. The largest absolute Gasteiger partial charge is 0.506 e. The van der Waals surface area contributed by atoms with Gasteiger partial charge in [0.1, 0.15) is 5.75 Å². The summed E-state index contributed by atoms with van der Waals surface area (Å²) in [7, 11) is 0. The van der Waals surface area contributed by atoms with E-state index in [9.17, 15) is 15.0 Å². The zero-order valence-corrected chi connectivity index (χ0v) is 12.7. The first-order valence-electron chi connectivity index (χ1n) is 6.66. The fourth-order valence-corrected chi connectivity index (χ4v) is 2.58. The Morgan fingerprint density at radius 2 is 1.90 bits per heavy atom. The third kappa shape index (κ3) is 3.56. The summed E-state index contributed by atoms with van der Waals surface area (Å²) in [5.41, 5.74) is 3.58. The highest BCUT2D eigenvalue weighted by Crippen LogP contribution is 2.29. The first kappa shape index (κ1) is 15.4. The van der Waals surface area contributed by atoms with Crippen molar-refractivity contribution in [3.05, 3.63) is 63.7 Å². The second-order valence-corrected chi connectivity index (χ2v) is 5.65. The van der Waals surface area contributed by atoms with E-state index in [1.807, 2.05) is 32.0 Å². The lowest BCUT2D eigenvalue weighted by Crippen LogP contribution is -2.16. The Bertz CT molecular complexity index is 680. The maximum Gasteiger partial charge on any atom is 0.311 e. The van der Waals surface area contributed by atoms with E-state index in [0.29, 0.717) is 6.42 Å². The highest BCUT2D eigenvalue weighted by Gasteiger charge is 2.22. The third-order valence-corrected chi connectivity index (χ3v) is 3.86. The second kappa shape index (κ2) is 6.19. The molecule has 0 aliphatic carbocycles. The molecular weight excluding hydrogens is 288 g/mol. The summed E-state index contributed by atoms with van der Waals surface area (Å²) in [6.45, 7) is 3.85. The highest BCUT2D eigenvalue weighted by atomic mass is 35.5. The van der Waals surface area contributed by atoms with Gasteiger partial charge in [0.05, 0.1) is 10.9 Å². The molecular formula is C17H17ClO3. The van der Waals surface area contributed by atoms with E-state index in [1.165, 1.54) is 6.07 Å². The zero-order valence-electron chi connectivity index (χ0n) is 11.9. The molecule has 110 valence electrons. The summed E-state index contributed by atoms with van der Waals surface area (Å²) < 4.78 is 0. The van der Waals surface area contributed by atoms with Crippen LogP contribution in [0.1, 0.15) is 28.2 Å². The molecule has 0 radical (unpaired) electrons. The van der Waals surface area contributed by atoms with Gasteiger partial charge >= 0.3 is 5.97 Å². The van der Waals surface area contributed by atoms with E-state index in [4.69, 9.17) is 11.6 Å². The van der Waals surface area contributed by atoms with Gasteiger partial charge in [-0.3, -0.25) is 4.79 Å². The molecule has 0 aliphatic heterocycles. The first-order valence-corrected chi connectivity index (χ1v) is 7.03. The minimum atomic E-state index is -0.868. The first-order chi connectivity index (χ1) is 9.88. The van der Waals surface area contributed by atoms with Crippen LogP contribution in [0.4, 0.5) is 0 Å². The predicted molar refractivity (Wildman–Crippen MR) is 83.1 cm³/mol. The molecule has 1 unspecified atom stereocenters. The average Bonchev–Trinajstić information content (AvgIpc) is 2.42. The predicted octanol–water partition coefficient (Wildman–Crippen LogP) is 4.07. The lowest BCUT2D eigenvalue weighted by Gasteiger charge is -2.16. The fourth-order valence-electron chi connectivity index (χ4n) is 2.38. The zero-order chi connectivity index (χ0) is 15.6. The molecule has 2 rings (SSSR count). The van der Waals surface area contributed by atoms with Crippen molar-refractivity contribution in [1.82, 2.24) is 0 Å². The number of phenols is 1. The van der Waals surface area contributed by atoms with Crippen LogP contribution < -0.4 is 0 Å². The highest BCUT2D eigenvalue weighted by molar-refractivity contribution is 6.32. The van der Waals surface area contributed by atoms with E-state index < -0.39 is 11.9 Å². The van der Waals surface area contributed by atoms with Crippen LogP contribution in [0, 0.1) is 13.8 Å². The molecule has 0 amide bonds. The van der Waals surface area contributed by atoms with Crippen molar-refractivity contribution in [3.8, 4) is 5.75 Å². The molecule has 0 saturated heterocycles. The van der Waals surface area contributed by atoms with Gasteiger partial charge in [0.25, 0.3) is 0 Å². The normalized spacial score (nSPS) is 12.1. The molecule has 0 spiro atoms. The summed E-state index contributed by atoms with van der Waals surface area (Å²) in [6, 6.07) is 10.6. The van der Waals surface area contributed by atoms with Gasteiger partial charge in [-0.2, -0.15) is 0 Å². The summed E-state index contributed by atoms with van der Waals surface area (Å²) in [5, 5.41) is 19.2. The Morgan fingerprint density at radius 1 is 1.19 bits per heavy atom. The molecule has 4 heteroatoms. The molecule has 0 saturated carbocycles. The van der Waals surface area contributed by atoms with Crippen molar-refractivity contribution in [1.29, 1.82) is 0 Å². The van der Waals surface area contributed by atoms with Crippen molar-refractivity contribution in [2.24, 2.45) is 0 Å². The van der Waals surface area contributed by atoms with E-state index in [0.717, 1.165) is 22.3 Å². The van der Waals surface area contributed by atoms with Crippen molar-refractivity contribution in [2.45, 2.75) is 26.2 Å². The molecule has 2 N–H and O–H groups in total. The quantitative estimate of drug-likeness (QED) is 0.895. The van der Waals surface area contributed by atoms with Gasteiger partial charge < -0.3 is 10.2 Å². The van der Waals surface area contributed by atoms with Crippen LogP contribution in [0.15, 0.2) is 36.4 Å². The number of rotatable bonds is 4. The number of hydrogen-bond acceptors (Lipinski definition) is 2. The van der Waals surface area contributed by atoms with E-state index in [-0.39, 0.29) is 10.8 Å². The Labute approximate surface area is 128 Å². The van der Waals surface area contributed by atoms with Crippen molar-refractivity contribution in [2.75, 3.05) is 0 Å². The van der Waals surface area contributed by atoms with E-state index >= 15 is 0 Å². The molecule has 0 aromatic heterocycles. The number of carbonyl (C=O) groups is 1. The molecule has 0 fully saturated rings. The number of carboxylic acid groups (broad SMARTS) is 1. The number of phenolic OH excluding ortho intramolecular Hbond substituents is 1. The van der Waals surface area contributed by atoms with Crippen LogP contribution in [-0.2, 0) is 11.2 Å². The summed E-state index contributed by atoms with van der Waals surface area (Å²) in [6.07, 6.45) is 0.333. The van der Waals surface area contributed by atoms with Gasteiger partial charge in [-0.05, 0) is 49.1 Å². The molecule has 21 heavy (non-hydrogen) atoms.